The van der Waals surface area contributed by atoms with E-state index in [-0.39, 0.29) is 6.61 Å². The molecule has 0 aliphatic rings. The van der Waals surface area contributed by atoms with Crippen LogP contribution in [0.3, 0.4) is 0 Å². The van der Waals surface area contributed by atoms with Crippen molar-refractivity contribution in [3.8, 4) is 0 Å². The molecule has 0 bridgehead atoms. The summed E-state index contributed by atoms with van der Waals surface area (Å²) < 4.78 is 43.7. The highest BCUT2D eigenvalue weighted by Crippen LogP contribution is 2.31. The van der Waals surface area contributed by atoms with Crippen LogP contribution in [-0.2, 0) is 17.5 Å². The summed E-state index contributed by atoms with van der Waals surface area (Å²) in [5, 5.41) is 21.9. The number of rotatable bonds is 6. The second-order valence-corrected chi connectivity index (χ2v) is 5.45. The quantitative estimate of drug-likeness (QED) is 0.589. The summed E-state index contributed by atoms with van der Waals surface area (Å²) in [5.41, 5.74) is -3.32. The third kappa shape index (κ3) is 5.53. The van der Waals surface area contributed by atoms with Crippen LogP contribution in [0.2, 0.25) is 0 Å². The highest BCUT2D eigenvalue weighted by atomic mass is 19.4. The van der Waals surface area contributed by atoms with Crippen molar-refractivity contribution in [3.05, 3.63) is 63.8 Å². The van der Waals surface area contributed by atoms with Gasteiger partial charge in [0, 0.05) is 6.54 Å². The minimum Gasteiger partial charge on any atom is -0.445 e. The van der Waals surface area contributed by atoms with E-state index in [0.717, 1.165) is 0 Å². The van der Waals surface area contributed by atoms with Gasteiger partial charge >= 0.3 is 12.3 Å². The molecule has 2 unspecified atom stereocenters. The molecule has 11 heteroatoms. The van der Waals surface area contributed by atoms with Crippen molar-refractivity contribution in [2.24, 2.45) is 0 Å². The van der Waals surface area contributed by atoms with Crippen molar-refractivity contribution in [1.29, 1.82) is 0 Å². The third-order valence-corrected chi connectivity index (χ3v) is 3.49. The van der Waals surface area contributed by atoms with Gasteiger partial charge in [0.2, 0.25) is 0 Å². The molecule has 0 saturated carbocycles. The van der Waals surface area contributed by atoms with Crippen LogP contribution in [0.1, 0.15) is 22.9 Å². The second kappa shape index (κ2) is 8.64. The van der Waals surface area contributed by atoms with Crippen molar-refractivity contribution in [1.82, 2.24) is 15.3 Å². The fraction of sp³-hybridized carbons (Fsp3) is 0.312. The van der Waals surface area contributed by atoms with Gasteiger partial charge in [0.25, 0.3) is 5.56 Å². The Labute approximate surface area is 150 Å². The van der Waals surface area contributed by atoms with E-state index in [2.05, 4.69) is 10.3 Å². The van der Waals surface area contributed by atoms with Gasteiger partial charge in [-0.15, -0.1) is 0 Å². The van der Waals surface area contributed by atoms with E-state index in [1.807, 2.05) is 4.98 Å². The highest BCUT2D eigenvalue weighted by Gasteiger charge is 2.40. The van der Waals surface area contributed by atoms with Gasteiger partial charge in [-0.2, -0.15) is 13.2 Å². The molecule has 1 amide bonds. The maximum absolute atomic E-state index is 12.9. The number of aliphatic hydroxyl groups is 2. The van der Waals surface area contributed by atoms with Crippen LogP contribution in [0.5, 0.6) is 0 Å². The number of benzene rings is 1. The summed E-state index contributed by atoms with van der Waals surface area (Å²) in [6, 6.07) is 8.66. The minimum atomic E-state index is -5.01. The molecule has 0 spiro atoms. The Bertz CT molecular complexity index is 826. The predicted octanol–water partition coefficient (Wildman–Crippen LogP) is 1.11. The molecule has 0 radical (unpaired) electrons. The molecular formula is C16H16F3N3O5. The number of aromatic amines is 1. The SMILES string of the molecule is O=C(NCC(O)C(O)c1c(C(F)(F)F)nc[nH]c1=O)OCc1ccccc1. The third-order valence-electron chi connectivity index (χ3n) is 3.49. The number of H-pyrrole nitrogens is 1. The molecule has 1 heterocycles. The number of amides is 1. The van der Waals surface area contributed by atoms with Gasteiger partial charge in [-0.05, 0) is 5.56 Å². The Morgan fingerprint density at radius 3 is 2.56 bits per heavy atom. The molecule has 2 atom stereocenters. The summed E-state index contributed by atoms with van der Waals surface area (Å²) in [4.78, 5) is 28.1. The summed E-state index contributed by atoms with van der Waals surface area (Å²) in [5.74, 6) is 0. The van der Waals surface area contributed by atoms with Gasteiger partial charge in [-0.25, -0.2) is 9.78 Å². The maximum Gasteiger partial charge on any atom is 0.433 e. The van der Waals surface area contributed by atoms with Crippen molar-refractivity contribution >= 4 is 6.09 Å². The summed E-state index contributed by atoms with van der Waals surface area (Å²) in [6.45, 7) is -0.716. The van der Waals surface area contributed by atoms with E-state index in [9.17, 15) is 33.0 Å². The number of alkyl carbamates (subject to hydrolysis) is 1. The number of alkyl halides is 3. The molecular weight excluding hydrogens is 371 g/mol. The lowest BCUT2D eigenvalue weighted by Crippen LogP contribution is -2.38. The lowest BCUT2D eigenvalue weighted by molar-refractivity contribution is -0.143. The zero-order chi connectivity index (χ0) is 20.0. The molecule has 4 N–H and O–H groups in total. The lowest BCUT2D eigenvalue weighted by Gasteiger charge is -2.20. The van der Waals surface area contributed by atoms with Crippen LogP contribution >= 0.6 is 0 Å². The summed E-state index contributed by atoms with van der Waals surface area (Å²) >= 11 is 0. The van der Waals surface area contributed by atoms with Gasteiger partial charge in [-0.3, -0.25) is 4.79 Å². The number of aromatic nitrogens is 2. The second-order valence-electron chi connectivity index (χ2n) is 5.45. The first-order valence-electron chi connectivity index (χ1n) is 7.65. The van der Waals surface area contributed by atoms with Gasteiger partial charge in [0.05, 0.1) is 11.9 Å². The number of nitrogens with one attached hydrogen (secondary N) is 2. The fourth-order valence-electron chi connectivity index (χ4n) is 2.18. The van der Waals surface area contributed by atoms with Gasteiger partial charge in [0.1, 0.15) is 18.8 Å². The monoisotopic (exact) mass is 387 g/mol. The lowest BCUT2D eigenvalue weighted by atomic mass is 10.0. The van der Waals surface area contributed by atoms with Crippen LogP contribution < -0.4 is 10.9 Å². The van der Waals surface area contributed by atoms with Crippen molar-refractivity contribution in [3.63, 3.8) is 0 Å². The van der Waals surface area contributed by atoms with Crippen LogP contribution in [0.4, 0.5) is 18.0 Å². The van der Waals surface area contributed by atoms with Crippen molar-refractivity contribution < 1.29 is 32.9 Å². The first-order valence-corrected chi connectivity index (χ1v) is 7.65. The van der Waals surface area contributed by atoms with Crippen LogP contribution in [0.25, 0.3) is 0 Å². The number of halogens is 3. The Morgan fingerprint density at radius 1 is 1.26 bits per heavy atom. The molecule has 0 saturated heterocycles. The zero-order valence-electron chi connectivity index (χ0n) is 13.7. The van der Waals surface area contributed by atoms with E-state index >= 15 is 0 Å². The number of nitrogens with zero attached hydrogens (tertiary/aromatic N) is 1. The molecule has 2 rings (SSSR count). The van der Waals surface area contributed by atoms with Crippen molar-refractivity contribution in [2.75, 3.05) is 6.54 Å². The molecule has 0 fully saturated rings. The number of carbonyl (C=O) groups is 1. The Kier molecular flexibility index (Phi) is 6.53. The first-order chi connectivity index (χ1) is 12.7. The standard InChI is InChI=1S/C16H16F3N3O5/c17-16(18,19)13-11(14(25)22-8-21-13)12(24)10(23)6-20-15(26)27-7-9-4-2-1-3-5-9/h1-5,8,10,12,23-24H,6-7H2,(H,20,26)(H,21,22,25). The fourth-order valence-corrected chi connectivity index (χ4v) is 2.18. The molecule has 2 aromatic rings. The molecule has 8 nitrogen and oxygen atoms in total. The van der Waals surface area contributed by atoms with E-state index in [4.69, 9.17) is 4.74 Å². The number of hydrogen-bond donors (Lipinski definition) is 4. The number of ether oxygens (including phenoxy) is 1. The average Bonchev–Trinajstić information content (AvgIpc) is 2.63. The van der Waals surface area contributed by atoms with E-state index < -0.39 is 47.8 Å². The van der Waals surface area contributed by atoms with E-state index in [1.165, 1.54) is 0 Å². The number of hydrogen-bond acceptors (Lipinski definition) is 6. The summed E-state index contributed by atoms with van der Waals surface area (Å²) in [7, 11) is 0. The number of carbonyl (C=O) groups excluding carboxylic acids is 1. The topological polar surface area (TPSA) is 125 Å². The van der Waals surface area contributed by atoms with Crippen LogP contribution in [0.15, 0.2) is 41.5 Å². The number of aliphatic hydroxyl groups excluding tert-OH is 2. The van der Waals surface area contributed by atoms with Crippen LogP contribution in [-0.4, -0.2) is 38.9 Å². The maximum atomic E-state index is 12.9. The molecule has 27 heavy (non-hydrogen) atoms. The molecule has 1 aromatic heterocycles. The molecule has 0 aliphatic carbocycles. The van der Waals surface area contributed by atoms with E-state index in [0.29, 0.717) is 11.9 Å². The smallest absolute Gasteiger partial charge is 0.433 e. The Hall–Kier alpha value is -2.92. The molecule has 0 aliphatic heterocycles. The first kappa shape index (κ1) is 20.4. The Balaban J connectivity index is 1.97. The average molecular weight is 387 g/mol. The largest absolute Gasteiger partial charge is 0.445 e. The summed E-state index contributed by atoms with van der Waals surface area (Å²) in [6.07, 6.45) is -9.56. The highest BCUT2D eigenvalue weighted by molar-refractivity contribution is 5.67. The van der Waals surface area contributed by atoms with Gasteiger partial charge < -0.3 is 25.3 Å². The van der Waals surface area contributed by atoms with Crippen LogP contribution in [0, 0.1) is 0 Å². The predicted molar refractivity (Wildman–Crippen MR) is 85.5 cm³/mol. The van der Waals surface area contributed by atoms with Crippen molar-refractivity contribution in [2.45, 2.75) is 25.0 Å². The van der Waals surface area contributed by atoms with E-state index in [1.54, 1.807) is 30.3 Å². The zero-order valence-corrected chi connectivity index (χ0v) is 13.7. The van der Waals surface area contributed by atoms with Gasteiger partial charge in [-0.1, -0.05) is 30.3 Å². The normalized spacial score (nSPS) is 13.7. The minimum absolute atomic E-state index is 0.0637. The molecule has 1 aromatic carbocycles. The molecule has 146 valence electrons. The van der Waals surface area contributed by atoms with Gasteiger partial charge in [0.15, 0.2) is 5.69 Å². The Morgan fingerprint density at radius 2 is 1.93 bits per heavy atom.